The fraction of sp³-hybridized carbons (Fsp3) is 0.321. The van der Waals surface area contributed by atoms with Crippen molar-refractivity contribution < 1.29 is 28.7 Å². The van der Waals surface area contributed by atoms with Crippen LogP contribution in [0.25, 0.3) is 11.1 Å². The predicted molar refractivity (Wildman–Crippen MR) is 139 cm³/mol. The molecule has 1 heterocycles. The third kappa shape index (κ3) is 5.90. The van der Waals surface area contributed by atoms with Gasteiger partial charge in [0, 0.05) is 13.2 Å². The highest BCUT2D eigenvalue weighted by molar-refractivity contribution is 6.09. The molecular formula is C28H30N2O7. The molecule has 0 saturated carbocycles. The van der Waals surface area contributed by atoms with E-state index in [2.05, 4.69) is 45.0 Å². The molecule has 37 heavy (non-hydrogen) atoms. The van der Waals surface area contributed by atoms with Crippen LogP contribution in [0.3, 0.4) is 0 Å². The molecule has 0 aromatic heterocycles. The lowest BCUT2D eigenvalue weighted by atomic mass is 9.86. The summed E-state index contributed by atoms with van der Waals surface area (Å²) in [6, 6.07) is 18.1. The number of anilines is 1. The zero-order valence-corrected chi connectivity index (χ0v) is 21.4. The lowest BCUT2D eigenvalue weighted by molar-refractivity contribution is -0.386. The topological polar surface area (TPSA) is 100 Å². The van der Waals surface area contributed by atoms with Crippen LogP contribution >= 0.6 is 0 Å². The fourth-order valence-electron chi connectivity index (χ4n) is 3.94. The van der Waals surface area contributed by atoms with Gasteiger partial charge in [-0.05, 0) is 46.4 Å². The average Bonchev–Trinajstić information content (AvgIpc) is 2.88. The molecule has 0 bridgehead atoms. The molecule has 9 heteroatoms. The highest BCUT2D eigenvalue weighted by Crippen LogP contribution is 2.36. The van der Waals surface area contributed by atoms with Gasteiger partial charge in [0.05, 0.1) is 29.4 Å². The third-order valence-corrected chi connectivity index (χ3v) is 6.07. The maximum atomic E-state index is 13.3. The van der Waals surface area contributed by atoms with Gasteiger partial charge < -0.3 is 18.9 Å². The van der Waals surface area contributed by atoms with Gasteiger partial charge in [-0.15, -0.1) is 0 Å². The van der Waals surface area contributed by atoms with Crippen LogP contribution in [0.2, 0.25) is 0 Å². The van der Waals surface area contributed by atoms with Crippen molar-refractivity contribution in [1.82, 2.24) is 0 Å². The van der Waals surface area contributed by atoms with Crippen LogP contribution in [0, 0.1) is 10.1 Å². The Hall–Kier alpha value is -3.95. The van der Waals surface area contributed by atoms with Crippen LogP contribution in [-0.4, -0.2) is 44.7 Å². The van der Waals surface area contributed by atoms with E-state index >= 15 is 0 Å². The van der Waals surface area contributed by atoms with E-state index in [1.807, 2.05) is 12.1 Å². The molecule has 1 aliphatic heterocycles. The lowest BCUT2D eigenvalue weighted by Crippen LogP contribution is -2.38. The Morgan fingerprint density at radius 2 is 1.73 bits per heavy atom. The molecule has 194 valence electrons. The molecular weight excluding hydrogens is 476 g/mol. The Balaban J connectivity index is 1.52. The first-order chi connectivity index (χ1) is 17.7. The van der Waals surface area contributed by atoms with E-state index in [1.54, 1.807) is 19.2 Å². The van der Waals surface area contributed by atoms with Crippen LogP contribution in [0.15, 0.2) is 60.7 Å². The Kier molecular flexibility index (Phi) is 7.75. The molecule has 0 saturated heterocycles. The van der Waals surface area contributed by atoms with Gasteiger partial charge in [-0.3, -0.25) is 19.8 Å². The van der Waals surface area contributed by atoms with E-state index in [9.17, 15) is 14.9 Å². The monoisotopic (exact) mass is 506 g/mol. The maximum Gasteiger partial charge on any atom is 0.313 e. The van der Waals surface area contributed by atoms with Crippen LogP contribution in [0.5, 0.6) is 11.5 Å². The number of nitro benzene ring substituents is 1. The molecule has 3 aromatic rings. The molecule has 0 aliphatic carbocycles. The number of nitro groups is 1. The number of carbonyl (C=O) groups excluding carboxylic acids is 1. The van der Waals surface area contributed by atoms with Crippen molar-refractivity contribution in [3.63, 3.8) is 0 Å². The number of rotatable bonds is 9. The van der Waals surface area contributed by atoms with Crippen molar-refractivity contribution in [2.45, 2.75) is 26.2 Å². The van der Waals surface area contributed by atoms with Gasteiger partial charge in [0.2, 0.25) is 0 Å². The minimum absolute atomic E-state index is 0.0408. The smallest absolute Gasteiger partial charge is 0.313 e. The summed E-state index contributed by atoms with van der Waals surface area (Å²) in [7, 11) is 1.54. The number of benzene rings is 3. The van der Waals surface area contributed by atoms with Crippen molar-refractivity contribution in [3.8, 4) is 22.6 Å². The van der Waals surface area contributed by atoms with Crippen molar-refractivity contribution >= 4 is 17.3 Å². The first-order valence-electron chi connectivity index (χ1n) is 11.9. The van der Waals surface area contributed by atoms with Gasteiger partial charge in [-0.2, -0.15) is 0 Å². The van der Waals surface area contributed by atoms with E-state index < -0.39 is 4.92 Å². The number of methoxy groups -OCH3 is 1. The number of hydrogen-bond acceptors (Lipinski definition) is 7. The molecule has 0 atom stereocenters. The second-order valence-corrected chi connectivity index (χ2v) is 9.62. The molecule has 0 spiro atoms. The zero-order chi connectivity index (χ0) is 26.6. The van der Waals surface area contributed by atoms with Crippen LogP contribution in [-0.2, 0) is 14.9 Å². The molecule has 4 rings (SSSR count). The van der Waals surface area contributed by atoms with Gasteiger partial charge >= 0.3 is 5.69 Å². The highest BCUT2D eigenvalue weighted by Gasteiger charge is 2.29. The second-order valence-electron chi connectivity index (χ2n) is 9.62. The Morgan fingerprint density at radius 3 is 2.41 bits per heavy atom. The van der Waals surface area contributed by atoms with Crippen molar-refractivity contribution in [2.24, 2.45) is 0 Å². The van der Waals surface area contributed by atoms with E-state index in [0.29, 0.717) is 30.2 Å². The third-order valence-electron chi connectivity index (χ3n) is 6.07. The first-order valence-corrected chi connectivity index (χ1v) is 11.9. The highest BCUT2D eigenvalue weighted by atomic mass is 16.7. The normalized spacial score (nSPS) is 13.2. The number of fused-ring (bicyclic) bond motifs is 1. The number of nitrogens with zero attached hydrogens (tertiary/aromatic N) is 2. The molecule has 9 nitrogen and oxygen atoms in total. The number of hydrogen-bond donors (Lipinski definition) is 0. The van der Waals surface area contributed by atoms with Crippen LogP contribution < -0.4 is 14.4 Å². The molecule has 3 aromatic carbocycles. The van der Waals surface area contributed by atoms with E-state index in [4.69, 9.17) is 18.9 Å². The first kappa shape index (κ1) is 26.1. The summed E-state index contributed by atoms with van der Waals surface area (Å²) in [5.41, 5.74) is 3.69. The molecule has 0 radical (unpaired) electrons. The standard InChI is InChI=1S/C28H30N2O7/c1-28(2,3)21-8-5-19(6-9-21)20-7-11-23-26(15-20)36-17-29(27(23)31)22-10-12-25(24(16-22)30(32)33)37-18-35-14-13-34-4/h5-12,15-16H,13-14,17-18H2,1-4H3. The van der Waals surface area contributed by atoms with E-state index in [0.717, 1.165) is 11.1 Å². The minimum atomic E-state index is -0.561. The summed E-state index contributed by atoms with van der Waals surface area (Å²) in [5.74, 6) is 0.210. The zero-order valence-electron chi connectivity index (χ0n) is 21.4. The van der Waals surface area contributed by atoms with Crippen molar-refractivity contribution in [2.75, 3.05) is 38.7 Å². The van der Waals surface area contributed by atoms with Crippen molar-refractivity contribution in [1.29, 1.82) is 0 Å². The summed E-state index contributed by atoms with van der Waals surface area (Å²) in [6.45, 7) is 6.94. The average molecular weight is 507 g/mol. The van der Waals surface area contributed by atoms with E-state index in [-0.39, 0.29) is 36.3 Å². The molecule has 1 aliphatic rings. The Morgan fingerprint density at radius 1 is 1.00 bits per heavy atom. The number of ether oxygens (including phenoxy) is 4. The fourth-order valence-corrected chi connectivity index (χ4v) is 3.94. The molecule has 0 fully saturated rings. The van der Waals surface area contributed by atoms with Gasteiger partial charge in [-0.25, -0.2) is 0 Å². The SMILES string of the molecule is COCCOCOc1ccc(N2COc3cc(-c4ccc(C(C)(C)C)cc4)ccc3C2=O)cc1[N+](=O)[O-]. The maximum absolute atomic E-state index is 13.3. The van der Waals surface area contributed by atoms with Gasteiger partial charge in [0.25, 0.3) is 5.91 Å². The number of amides is 1. The molecule has 0 N–H and O–H groups in total. The Bertz CT molecular complexity index is 1280. The summed E-state index contributed by atoms with van der Waals surface area (Å²) in [5, 5.41) is 11.6. The summed E-state index contributed by atoms with van der Waals surface area (Å²) < 4.78 is 21.4. The molecule has 0 unspecified atom stereocenters. The summed E-state index contributed by atoms with van der Waals surface area (Å²) >= 11 is 0. The van der Waals surface area contributed by atoms with Gasteiger partial charge in [0.15, 0.2) is 19.3 Å². The predicted octanol–water partition coefficient (Wildman–Crippen LogP) is 5.56. The second kappa shape index (κ2) is 11.0. The van der Waals surface area contributed by atoms with Crippen LogP contribution in [0.4, 0.5) is 11.4 Å². The minimum Gasteiger partial charge on any atom is -0.472 e. The van der Waals surface area contributed by atoms with E-state index in [1.165, 1.54) is 22.6 Å². The quantitative estimate of drug-likeness (QED) is 0.162. The largest absolute Gasteiger partial charge is 0.472 e. The number of carbonyl (C=O) groups is 1. The van der Waals surface area contributed by atoms with Crippen molar-refractivity contribution in [3.05, 3.63) is 81.9 Å². The molecule has 1 amide bonds. The Labute approximate surface area is 215 Å². The van der Waals surface area contributed by atoms with Crippen LogP contribution in [0.1, 0.15) is 36.7 Å². The summed E-state index contributed by atoms with van der Waals surface area (Å²) in [4.78, 5) is 25.7. The van der Waals surface area contributed by atoms with Gasteiger partial charge in [-0.1, -0.05) is 51.1 Å². The van der Waals surface area contributed by atoms with Gasteiger partial charge in [0.1, 0.15) is 5.75 Å². The lowest BCUT2D eigenvalue weighted by Gasteiger charge is -2.29. The summed E-state index contributed by atoms with van der Waals surface area (Å²) in [6.07, 6.45) is 0.